The summed E-state index contributed by atoms with van der Waals surface area (Å²) in [6.07, 6.45) is 1.32. The van der Waals surface area contributed by atoms with E-state index in [9.17, 15) is 0 Å². The van der Waals surface area contributed by atoms with Crippen molar-refractivity contribution < 1.29 is 32.7 Å². The molecule has 0 amide bonds. The molecule has 1 saturated heterocycles. The minimum atomic E-state index is 0. The van der Waals surface area contributed by atoms with Crippen molar-refractivity contribution in [1.29, 1.82) is 0 Å². The Morgan fingerprint density at radius 3 is 2.36 bits per heavy atom. The Morgan fingerprint density at radius 1 is 1.45 bits per heavy atom. The molecule has 0 aromatic heterocycles. The van der Waals surface area contributed by atoms with Gasteiger partial charge < -0.3 is 9.80 Å². The first-order valence-electron chi connectivity index (χ1n) is 3.94. The van der Waals surface area contributed by atoms with Gasteiger partial charge in [0.1, 0.15) is 0 Å². The van der Waals surface area contributed by atoms with Crippen LogP contribution in [0, 0.1) is 6.54 Å². The van der Waals surface area contributed by atoms with Gasteiger partial charge in [-0.15, -0.1) is 0 Å². The van der Waals surface area contributed by atoms with Gasteiger partial charge in [-0.1, -0.05) is 0 Å². The zero-order valence-corrected chi connectivity index (χ0v) is 10.6. The van der Waals surface area contributed by atoms with Crippen LogP contribution >= 0.6 is 0 Å². The zero-order valence-electron chi connectivity index (χ0n) is 7.75. The number of likely N-dealkylation sites (N-methyl/N-ethyl adjacent to an activating group) is 1. The van der Waals surface area contributed by atoms with Crippen LogP contribution in [0.25, 0.3) is 0 Å². The summed E-state index contributed by atoms with van der Waals surface area (Å²) in [5.74, 6) is 0. The SMILES string of the molecule is C[CH-]N1CCC(N(C)C)C1.[Y]. The summed E-state index contributed by atoms with van der Waals surface area (Å²) < 4.78 is 0. The van der Waals surface area contributed by atoms with E-state index in [1.54, 1.807) is 0 Å². The van der Waals surface area contributed by atoms with Gasteiger partial charge in [-0.25, -0.2) is 0 Å². The fourth-order valence-corrected chi connectivity index (χ4v) is 1.42. The Hall–Kier alpha value is 1.02. The number of hydrogen-bond acceptors (Lipinski definition) is 2. The van der Waals surface area contributed by atoms with E-state index in [1.807, 2.05) is 0 Å². The normalized spacial score (nSPS) is 25.6. The van der Waals surface area contributed by atoms with Gasteiger partial charge in [-0.2, -0.15) is 6.92 Å². The molecule has 0 aliphatic carbocycles. The molecule has 1 rings (SSSR count). The molecule has 0 saturated carbocycles. The maximum Gasteiger partial charge on any atom is 0.0204 e. The van der Waals surface area contributed by atoms with E-state index in [4.69, 9.17) is 0 Å². The van der Waals surface area contributed by atoms with Crippen molar-refractivity contribution in [2.24, 2.45) is 0 Å². The Labute approximate surface area is 95.2 Å². The van der Waals surface area contributed by atoms with Gasteiger partial charge in [-0.3, -0.25) is 6.54 Å². The van der Waals surface area contributed by atoms with E-state index >= 15 is 0 Å². The van der Waals surface area contributed by atoms with Crippen LogP contribution in [0.2, 0.25) is 0 Å². The molecule has 1 fully saturated rings. The quantitative estimate of drug-likeness (QED) is 0.647. The molecule has 11 heavy (non-hydrogen) atoms. The molecule has 0 aromatic carbocycles. The Balaban J connectivity index is 0.000001000. The van der Waals surface area contributed by atoms with Crippen LogP contribution in [-0.4, -0.2) is 43.0 Å². The van der Waals surface area contributed by atoms with Crippen LogP contribution in [0.4, 0.5) is 0 Å². The smallest absolute Gasteiger partial charge is 0.0204 e. The van der Waals surface area contributed by atoms with E-state index < -0.39 is 0 Å². The molecular weight excluding hydrogens is 213 g/mol. The predicted octanol–water partition coefficient (Wildman–Crippen LogP) is 0.801. The molecule has 0 N–H and O–H groups in total. The van der Waals surface area contributed by atoms with E-state index in [0.29, 0.717) is 0 Å². The maximum atomic E-state index is 2.38. The maximum absolute atomic E-state index is 2.38. The average molecular weight is 230 g/mol. The molecule has 63 valence electrons. The van der Waals surface area contributed by atoms with Crippen LogP contribution in [-0.2, 0) is 32.7 Å². The van der Waals surface area contributed by atoms with E-state index in [-0.39, 0.29) is 32.7 Å². The van der Waals surface area contributed by atoms with Crippen LogP contribution in [0.5, 0.6) is 0 Å². The van der Waals surface area contributed by atoms with Crippen LogP contribution < -0.4 is 0 Å². The molecular formula is C8H17N2Y-. The van der Waals surface area contributed by atoms with Gasteiger partial charge >= 0.3 is 0 Å². The third kappa shape index (κ3) is 3.50. The monoisotopic (exact) mass is 230 g/mol. The van der Waals surface area contributed by atoms with Crippen LogP contribution in [0.15, 0.2) is 0 Å². The number of nitrogens with zero attached hydrogens (tertiary/aromatic N) is 2. The molecule has 0 bridgehead atoms. The molecule has 1 radical (unpaired) electrons. The second-order valence-corrected chi connectivity index (χ2v) is 3.16. The van der Waals surface area contributed by atoms with E-state index in [1.165, 1.54) is 19.5 Å². The molecule has 1 heterocycles. The number of hydrogen-bond donors (Lipinski definition) is 0. The van der Waals surface area contributed by atoms with Gasteiger partial charge in [0.05, 0.1) is 0 Å². The van der Waals surface area contributed by atoms with Gasteiger partial charge in [0.2, 0.25) is 0 Å². The second kappa shape index (κ2) is 5.63. The standard InChI is InChI=1S/C8H17N2.Y/c1-4-10-6-5-8(7-10)9(2)3;/h4,8H,5-7H2,1-3H3;/q-1;. The topological polar surface area (TPSA) is 6.48 Å². The third-order valence-corrected chi connectivity index (χ3v) is 2.29. The van der Waals surface area contributed by atoms with E-state index in [2.05, 4.69) is 37.4 Å². The van der Waals surface area contributed by atoms with Crippen LogP contribution in [0.3, 0.4) is 0 Å². The van der Waals surface area contributed by atoms with Crippen molar-refractivity contribution in [3.05, 3.63) is 6.54 Å². The number of likely N-dealkylation sites (tertiary alicyclic amines) is 1. The fourth-order valence-electron chi connectivity index (χ4n) is 1.42. The number of rotatable bonds is 2. The molecule has 3 heteroatoms. The molecule has 2 nitrogen and oxygen atoms in total. The van der Waals surface area contributed by atoms with Crippen molar-refractivity contribution in [2.75, 3.05) is 27.2 Å². The van der Waals surface area contributed by atoms with Crippen molar-refractivity contribution >= 4 is 0 Å². The van der Waals surface area contributed by atoms with Gasteiger partial charge in [0, 0.05) is 38.8 Å². The second-order valence-electron chi connectivity index (χ2n) is 3.16. The van der Waals surface area contributed by atoms with Crippen molar-refractivity contribution in [3.8, 4) is 0 Å². The molecule has 1 unspecified atom stereocenters. The fraction of sp³-hybridized carbons (Fsp3) is 0.875. The summed E-state index contributed by atoms with van der Waals surface area (Å²) >= 11 is 0. The van der Waals surface area contributed by atoms with Crippen molar-refractivity contribution in [3.63, 3.8) is 0 Å². The molecule has 1 atom stereocenters. The van der Waals surface area contributed by atoms with Crippen molar-refractivity contribution in [2.45, 2.75) is 19.4 Å². The first-order chi connectivity index (χ1) is 4.74. The summed E-state index contributed by atoms with van der Waals surface area (Å²) in [5.41, 5.74) is 0. The molecule has 0 spiro atoms. The molecule has 0 aromatic rings. The summed E-state index contributed by atoms with van der Waals surface area (Å²) in [5, 5.41) is 0. The predicted molar refractivity (Wildman–Crippen MR) is 43.6 cm³/mol. The van der Waals surface area contributed by atoms with Crippen molar-refractivity contribution in [1.82, 2.24) is 9.80 Å². The Kier molecular flexibility index (Phi) is 6.16. The van der Waals surface area contributed by atoms with E-state index in [0.717, 1.165) is 6.04 Å². The first-order valence-corrected chi connectivity index (χ1v) is 3.94. The summed E-state index contributed by atoms with van der Waals surface area (Å²) in [4.78, 5) is 4.69. The molecule has 1 aliphatic heterocycles. The molecule has 1 aliphatic rings. The van der Waals surface area contributed by atoms with Gasteiger partial charge in [0.15, 0.2) is 0 Å². The summed E-state index contributed by atoms with van der Waals surface area (Å²) in [7, 11) is 4.31. The van der Waals surface area contributed by atoms with Crippen LogP contribution in [0.1, 0.15) is 13.3 Å². The minimum Gasteiger partial charge on any atom is -0.455 e. The van der Waals surface area contributed by atoms with Gasteiger partial charge in [-0.05, 0) is 33.6 Å². The zero-order chi connectivity index (χ0) is 7.56. The Bertz CT molecular complexity index is 106. The third-order valence-electron chi connectivity index (χ3n) is 2.29. The van der Waals surface area contributed by atoms with Gasteiger partial charge in [0.25, 0.3) is 0 Å². The minimum absolute atomic E-state index is 0. The first kappa shape index (κ1) is 12.0. The summed E-state index contributed by atoms with van der Waals surface area (Å²) in [6.45, 7) is 6.74. The largest absolute Gasteiger partial charge is 0.455 e. The Morgan fingerprint density at radius 2 is 2.09 bits per heavy atom. The average Bonchev–Trinajstić information content (AvgIpc) is 2.34. The summed E-state index contributed by atoms with van der Waals surface area (Å²) in [6, 6.07) is 0.774.